The number of ether oxygens (including phenoxy) is 1. The number of carbonyl (C=O) groups excluding carboxylic acids is 1. The van der Waals surface area contributed by atoms with Gasteiger partial charge in [-0.25, -0.2) is 4.79 Å². The molecule has 0 spiro atoms. The van der Waals surface area contributed by atoms with E-state index in [0.717, 1.165) is 11.1 Å². The van der Waals surface area contributed by atoms with Crippen LogP contribution >= 0.6 is 0 Å². The first kappa shape index (κ1) is 13.5. The molecule has 19 heavy (non-hydrogen) atoms. The summed E-state index contributed by atoms with van der Waals surface area (Å²) in [6.07, 6.45) is -0.730. The van der Waals surface area contributed by atoms with Crippen molar-refractivity contribution in [1.82, 2.24) is 0 Å². The van der Waals surface area contributed by atoms with Gasteiger partial charge in [0.2, 0.25) is 0 Å². The summed E-state index contributed by atoms with van der Waals surface area (Å²) in [4.78, 5) is 22.7. The van der Waals surface area contributed by atoms with Gasteiger partial charge in [0.25, 0.3) is 5.91 Å². The number of aryl methyl sites for hydroxylation is 2. The Morgan fingerprint density at radius 1 is 1.21 bits per heavy atom. The number of aliphatic carboxylic acids is 1. The number of benzene rings is 1. The Balaban J connectivity index is 1.98. The molecule has 5 nitrogen and oxygen atoms in total. The molecule has 1 aromatic rings. The number of carboxylic acid groups (broad SMARTS) is 1. The fraction of sp³-hybridized carbons (Fsp3) is 0.429. The molecule has 0 aromatic heterocycles. The average Bonchev–Trinajstić information content (AvgIpc) is 2.83. The molecule has 0 unspecified atom stereocenters. The van der Waals surface area contributed by atoms with Gasteiger partial charge in [-0.15, -0.1) is 0 Å². The highest BCUT2D eigenvalue weighted by molar-refractivity contribution is 5.94. The monoisotopic (exact) mass is 263 g/mol. The van der Waals surface area contributed by atoms with Gasteiger partial charge in [0.1, 0.15) is 6.10 Å². The van der Waals surface area contributed by atoms with Crippen LogP contribution in [0.5, 0.6) is 0 Å². The van der Waals surface area contributed by atoms with E-state index in [4.69, 9.17) is 9.84 Å². The van der Waals surface area contributed by atoms with E-state index in [2.05, 4.69) is 5.32 Å². The van der Waals surface area contributed by atoms with Crippen molar-refractivity contribution >= 4 is 17.6 Å². The summed E-state index contributed by atoms with van der Waals surface area (Å²) in [5.41, 5.74) is 2.95. The molecule has 2 rings (SSSR count). The summed E-state index contributed by atoms with van der Waals surface area (Å²) in [6, 6.07) is 5.64. The minimum absolute atomic E-state index is 0.285. The Kier molecular flexibility index (Phi) is 3.85. The summed E-state index contributed by atoms with van der Waals surface area (Å²) in [6.45, 7) is 3.97. The maximum atomic E-state index is 12.0. The number of nitrogens with one attached hydrogen (secondary N) is 1. The maximum Gasteiger partial charge on any atom is 0.332 e. The summed E-state index contributed by atoms with van der Waals surface area (Å²) in [5.74, 6) is -1.30. The first-order chi connectivity index (χ1) is 8.97. The van der Waals surface area contributed by atoms with Crippen LogP contribution in [0.2, 0.25) is 0 Å². The largest absolute Gasteiger partial charge is 0.479 e. The first-order valence-corrected chi connectivity index (χ1v) is 6.24. The molecule has 0 radical (unpaired) electrons. The fourth-order valence-electron chi connectivity index (χ4n) is 2.05. The van der Waals surface area contributed by atoms with Gasteiger partial charge in [-0.05, 0) is 49.9 Å². The number of carbonyl (C=O) groups is 2. The molecule has 1 fully saturated rings. The number of carboxylic acids is 1. The van der Waals surface area contributed by atoms with Crippen molar-refractivity contribution in [3.05, 3.63) is 29.3 Å². The SMILES string of the molecule is Cc1ccc(NC(=O)[C@@H]2CC[C@H](C(=O)O)O2)cc1C. The zero-order chi connectivity index (χ0) is 14.0. The van der Waals surface area contributed by atoms with E-state index in [1.54, 1.807) is 0 Å². The van der Waals surface area contributed by atoms with Gasteiger partial charge in [0.15, 0.2) is 6.10 Å². The van der Waals surface area contributed by atoms with Crippen LogP contribution in [0.4, 0.5) is 5.69 Å². The van der Waals surface area contributed by atoms with Gasteiger partial charge >= 0.3 is 5.97 Å². The molecule has 1 aliphatic rings. The van der Waals surface area contributed by atoms with Gasteiger partial charge in [-0.3, -0.25) is 4.79 Å². The lowest BCUT2D eigenvalue weighted by Gasteiger charge is -2.12. The fourth-order valence-corrected chi connectivity index (χ4v) is 2.05. The first-order valence-electron chi connectivity index (χ1n) is 6.24. The van der Waals surface area contributed by atoms with Crippen molar-refractivity contribution in [3.63, 3.8) is 0 Å². The Hall–Kier alpha value is -1.88. The van der Waals surface area contributed by atoms with Crippen molar-refractivity contribution in [1.29, 1.82) is 0 Å². The predicted octanol–water partition coefficient (Wildman–Crippen LogP) is 1.87. The van der Waals surface area contributed by atoms with Crippen LogP contribution in [0, 0.1) is 13.8 Å². The van der Waals surface area contributed by atoms with E-state index < -0.39 is 18.2 Å². The normalized spacial score (nSPS) is 22.2. The average molecular weight is 263 g/mol. The molecule has 0 saturated carbocycles. The summed E-state index contributed by atoms with van der Waals surface area (Å²) in [7, 11) is 0. The molecule has 2 N–H and O–H groups in total. The second-order valence-corrected chi connectivity index (χ2v) is 4.82. The molecule has 1 heterocycles. The molecule has 0 bridgehead atoms. The van der Waals surface area contributed by atoms with E-state index in [9.17, 15) is 9.59 Å². The molecule has 102 valence electrons. The van der Waals surface area contributed by atoms with Crippen molar-refractivity contribution in [2.45, 2.75) is 38.9 Å². The second-order valence-electron chi connectivity index (χ2n) is 4.82. The minimum atomic E-state index is -1.01. The molecule has 5 heteroatoms. The van der Waals surface area contributed by atoms with Crippen LogP contribution in [0.25, 0.3) is 0 Å². The summed E-state index contributed by atoms with van der Waals surface area (Å²) in [5, 5.41) is 11.6. The highest BCUT2D eigenvalue weighted by atomic mass is 16.5. The van der Waals surface area contributed by atoms with Crippen LogP contribution in [-0.2, 0) is 14.3 Å². The van der Waals surface area contributed by atoms with E-state index >= 15 is 0 Å². The number of rotatable bonds is 3. The number of hydrogen-bond acceptors (Lipinski definition) is 3. The molecule has 0 aliphatic carbocycles. The van der Waals surface area contributed by atoms with Gasteiger partial charge in [0, 0.05) is 5.69 Å². The smallest absolute Gasteiger partial charge is 0.332 e. The maximum absolute atomic E-state index is 12.0. The molecule has 1 aliphatic heterocycles. The zero-order valence-corrected chi connectivity index (χ0v) is 11.0. The van der Waals surface area contributed by atoms with Crippen molar-refractivity contribution in [2.75, 3.05) is 5.32 Å². The number of anilines is 1. The molecule has 1 aromatic carbocycles. The van der Waals surface area contributed by atoms with E-state index in [0.29, 0.717) is 18.5 Å². The van der Waals surface area contributed by atoms with Gasteiger partial charge < -0.3 is 15.2 Å². The topological polar surface area (TPSA) is 75.6 Å². The van der Waals surface area contributed by atoms with Crippen LogP contribution in [-0.4, -0.2) is 29.2 Å². The highest BCUT2D eigenvalue weighted by Crippen LogP contribution is 2.22. The lowest BCUT2D eigenvalue weighted by Crippen LogP contribution is -2.29. The van der Waals surface area contributed by atoms with E-state index in [1.807, 2.05) is 32.0 Å². The number of amides is 1. The van der Waals surface area contributed by atoms with Crippen molar-refractivity contribution in [3.8, 4) is 0 Å². The third kappa shape index (κ3) is 3.12. The van der Waals surface area contributed by atoms with Crippen LogP contribution in [0.15, 0.2) is 18.2 Å². The second kappa shape index (κ2) is 5.40. The third-order valence-corrected chi connectivity index (χ3v) is 3.36. The van der Waals surface area contributed by atoms with Crippen LogP contribution < -0.4 is 5.32 Å². The van der Waals surface area contributed by atoms with Crippen LogP contribution in [0.3, 0.4) is 0 Å². The Bertz CT molecular complexity index is 512. The number of hydrogen-bond donors (Lipinski definition) is 2. The lowest BCUT2D eigenvalue weighted by atomic mass is 10.1. The molecule has 1 saturated heterocycles. The zero-order valence-electron chi connectivity index (χ0n) is 11.0. The molecular weight excluding hydrogens is 246 g/mol. The van der Waals surface area contributed by atoms with E-state index in [-0.39, 0.29) is 5.91 Å². The van der Waals surface area contributed by atoms with Gasteiger partial charge in [-0.1, -0.05) is 6.07 Å². The molecule has 2 atom stereocenters. The standard InChI is InChI=1S/C14H17NO4/c1-8-3-4-10(7-9(8)2)15-13(16)11-5-6-12(19-11)14(17)18/h3-4,7,11-12H,5-6H2,1-2H3,(H,15,16)(H,17,18)/t11-,12+/m0/s1. The van der Waals surface area contributed by atoms with Crippen molar-refractivity contribution < 1.29 is 19.4 Å². The van der Waals surface area contributed by atoms with Gasteiger partial charge in [0.05, 0.1) is 0 Å². The summed E-state index contributed by atoms with van der Waals surface area (Å²) >= 11 is 0. The summed E-state index contributed by atoms with van der Waals surface area (Å²) < 4.78 is 5.20. The van der Waals surface area contributed by atoms with Gasteiger partial charge in [-0.2, -0.15) is 0 Å². The van der Waals surface area contributed by atoms with Crippen molar-refractivity contribution in [2.24, 2.45) is 0 Å². The Morgan fingerprint density at radius 2 is 1.89 bits per heavy atom. The predicted molar refractivity (Wildman–Crippen MR) is 70.1 cm³/mol. The Labute approximate surface area is 111 Å². The Morgan fingerprint density at radius 3 is 2.47 bits per heavy atom. The minimum Gasteiger partial charge on any atom is -0.479 e. The molecular formula is C14H17NO4. The highest BCUT2D eigenvalue weighted by Gasteiger charge is 2.34. The van der Waals surface area contributed by atoms with E-state index in [1.165, 1.54) is 0 Å². The quantitative estimate of drug-likeness (QED) is 0.873. The molecule has 1 amide bonds. The lowest BCUT2D eigenvalue weighted by molar-refractivity contribution is -0.150. The van der Waals surface area contributed by atoms with Crippen LogP contribution in [0.1, 0.15) is 24.0 Å². The third-order valence-electron chi connectivity index (χ3n) is 3.36.